The fourth-order valence-corrected chi connectivity index (χ4v) is 3.17. The van der Waals surface area contributed by atoms with Gasteiger partial charge in [0, 0.05) is 37.1 Å². The van der Waals surface area contributed by atoms with Crippen molar-refractivity contribution in [1.29, 1.82) is 0 Å². The zero-order valence-corrected chi connectivity index (χ0v) is 17.6. The molecular formula is C17H23ClIN5O2. The summed E-state index contributed by atoms with van der Waals surface area (Å²) in [5, 5.41) is 9.72. The van der Waals surface area contributed by atoms with Crippen LogP contribution in [0.2, 0.25) is 5.02 Å². The van der Waals surface area contributed by atoms with Gasteiger partial charge >= 0.3 is 6.03 Å². The number of urea groups is 1. The summed E-state index contributed by atoms with van der Waals surface area (Å²) >= 11 is 6.10. The third-order valence-corrected chi connectivity index (χ3v) is 4.91. The number of aliphatic imine (C=N–C) groups is 1. The van der Waals surface area contributed by atoms with Crippen LogP contribution in [0.15, 0.2) is 29.3 Å². The molecule has 1 saturated carbocycles. The van der Waals surface area contributed by atoms with Gasteiger partial charge in [-0.1, -0.05) is 23.7 Å². The van der Waals surface area contributed by atoms with E-state index in [1.807, 2.05) is 18.2 Å². The Morgan fingerprint density at radius 3 is 2.69 bits per heavy atom. The lowest BCUT2D eigenvalue weighted by Gasteiger charge is -2.20. The van der Waals surface area contributed by atoms with E-state index in [9.17, 15) is 9.59 Å². The number of imide groups is 1. The fourth-order valence-electron chi connectivity index (χ4n) is 2.98. The minimum atomic E-state index is -0.340. The zero-order valence-electron chi connectivity index (χ0n) is 14.5. The number of amides is 3. The van der Waals surface area contributed by atoms with E-state index >= 15 is 0 Å². The number of hydrogen-bond acceptors (Lipinski definition) is 3. The molecule has 0 aromatic heterocycles. The third-order valence-electron chi connectivity index (χ3n) is 4.67. The molecule has 9 heteroatoms. The van der Waals surface area contributed by atoms with Crippen LogP contribution in [0.1, 0.15) is 18.4 Å². The van der Waals surface area contributed by atoms with E-state index in [-0.39, 0.29) is 47.9 Å². The smallest absolute Gasteiger partial charge is 0.324 e. The van der Waals surface area contributed by atoms with Crippen LogP contribution in [0.5, 0.6) is 0 Å². The van der Waals surface area contributed by atoms with Crippen LogP contribution >= 0.6 is 35.6 Å². The first-order chi connectivity index (χ1) is 12.0. The Labute approximate surface area is 175 Å². The number of hydrogen-bond donors (Lipinski definition) is 3. The van der Waals surface area contributed by atoms with Crippen molar-refractivity contribution in [3.8, 4) is 0 Å². The lowest BCUT2D eigenvalue weighted by molar-refractivity contribution is -0.124. The molecule has 7 nitrogen and oxygen atoms in total. The van der Waals surface area contributed by atoms with Gasteiger partial charge in [-0.15, -0.1) is 24.0 Å². The molecule has 0 unspecified atom stereocenters. The van der Waals surface area contributed by atoms with Crippen molar-refractivity contribution >= 4 is 53.5 Å². The molecule has 1 aliphatic carbocycles. The lowest BCUT2D eigenvalue weighted by Crippen LogP contribution is -2.45. The highest BCUT2D eigenvalue weighted by Crippen LogP contribution is 2.48. The van der Waals surface area contributed by atoms with Gasteiger partial charge in [-0.3, -0.25) is 14.7 Å². The van der Waals surface area contributed by atoms with E-state index in [0.717, 1.165) is 24.4 Å². The number of guanidine groups is 1. The highest BCUT2D eigenvalue weighted by Gasteiger charge is 2.44. The predicted molar refractivity (Wildman–Crippen MR) is 112 cm³/mol. The Balaban J connectivity index is 0.00000243. The molecule has 1 heterocycles. The summed E-state index contributed by atoms with van der Waals surface area (Å²) in [6.07, 6.45) is 2.22. The van der Waals surface area contributed by atoms with Gasteiger partial charge in [-0.2, -0.15) is 0 Å². The Morgan fingerprint density at radius 1 is 1.35 bits per heavy atom. The van der Waals surface area contributed by atoms with E-state index < -0.39 is 0 Å². The maximum absolute atomic E-state index is 11.5. The Bertz CT molecular complexity index is 692. The molecule has 0 spiro atoms. The van der Waals surface area contributed by atoms with Crippen molar-refractivity contribution in [2.45, 2.75) is 18.3 Å². The summed E-state index contributed by atoms with van der Waals surface area (Å²) in [4.78, 5) is 28.4. The second kappa shape index (κ2) is 8.90. The van der Waals surface area contributed by atoms with Crippen molar-refractivity contribution in [3.05, 3.63) is 34.9 Å². The first-order valence-corrected chi connectivity index (χ1v) is 8.71. The molecule has 2 aliphatic rings. The first-order valence-electron chi connectivity index (χ1n) is 8.33. The van der Waals surface area contributed by atoms with Crippen LogP contribution in [0.3, 0.4) is 0 Å². The van der Waals surface area contributed by atoms with Gasteiger partial charge < -0.3 is 16.0 Å². The number of nitrogens with one attached hydrogen (secondary N) is 3. The van der Waals surface area contributed by atoms with Crippen LogP contribution in [-0.4, -0.2) is 56.0 Å². The topological polar surface area (TPSA) is 85.8 Å². The van der Waals surface area contributed by atoms with Crippen LogP contribution < -0.4 is 16.0 Å². The number of benzene rings is 1. The molecule has 1 aliphatic heterocycles. The lowest BCUT2D eigenvalue weighted by atomic mass is 9.96. The molecule has 3 N–H and O–H groups in total. The molecule has 3 amide bonds. The van der Waals surface area contributed by atoms with Gasteiger partial charge in [0.05, 0.1) is 6.54 Å². The van der Waals surface area contributed by atoms with E-state index in [4.69, 9.17) is 11.6 Å². The monoisotopic (exact) mass is 491 g/mol. The number of rotatable bonds is 6. The van der Waals surface area contributed by atoms with Crippen molar-refractivity contribution in [1.82, 2.24) is 20.9 Å². The molecule has 1 saturated heterocycles. The molecule has 26 heavy (non-hydrogen) atoms. The van der Waals surface area contributed by atoms with Gasteiger partial charge in [0.1, 0.15) is 0 Å². The summed E-state index contributed by atoms with van der Waals surface area (Å²) in [6, 6.07) is 7.64. The summed E-state index contributed by atoms with van der Waals surface area (Å²) in [5.41, 5.74) is 1.34. The number of halogens is 2. The molecule has 2 fully saturated rings. The van der Waals surface area contributed by atoms with Crippen molar-refractivity contribution in [3.63, 3.8) is 0 Å². The molecule has 1 aromatic rings. The largest absolute Gasteiger partial charge is 0.356 e. The number of carbonyl (C=O) groups is 2. The second-order valence-corrected chi connectivity index (χ2v) is 6.78. The molecule has 0 radical (unpaired) electrons. The summed E-state index contributed by atoms with van der Waals surface area (Å²) in [6.45, 7) is 1.60. The molecule has 1 aromatic carbocycles. The minimum Gasteiger partial charge on any atom is -0.356 e. The fraction of sp³-hybridized carbons (Fsp3) is 0.471. The van der Waals surface area contributed by atoms with Gasteiger partial charge in [-0.05, 0) is 30.5 Å². The van der Waals surface area contributed by atoms with Crippen molar-refractivity contribution < 1.29 is 9.59 Å². The Kier molecular flexibility index (Phi) is 7.10. The number of carbonyl (C=O) groups excluding carboxylic acids is 2. The molecule has 142 valence electrons. The van der Waals surface area contributed by atoms with Crippen LogP contribution in [-0.2, 0) is 10.2 Å². The minimum absolute atomic E-state index is 0. The van der Waals surface area contributed by atoms with Crippen molar-refractivity contribution in [2.24, 2.45) is 4.99 Å². The standard InChI is InChI=1S/C17H22ClN5O2.HI/c1-19-15(20-7-8-23-14(24)10-21-16(23)25)22-11-17(5-6-17)12-3-2-4-13(18)9-12;/h2-4,9H,5-8,10-11H2,1H3,(H,21,25)(H2,19,20,22);1H. The van der Waals surface area contributed by atoms with Crippen molar-refractivity contribution in [2.75, 3.05) is 33.2 Å². The normalized spacial score (nSPS) is 18.2. The highest BCUT2D eigenvalue weighted by atomic mass is 127. The third kappa shape index (κ3) is 4.79. The Hall–Kier alpha value is -1.55. The zero-order chi connectivity index (χ0) is 17.9. The predicted octanol–water partition coefficient (Wildman–Crippen LogP) is 1.71. The molecule has 3 rings (SSSR count). The van der Waals surface area contributed by atoms with Gasteiger partial charge in [0.25, 0.3) is 0 Å². The molecule has 0 bridgehead atoms. The average molecular weight is 492 g/mol. The molecular weight excluding hydrogens is 469 g/mol. The number of nitrogens with zero attached hydrogens (tertiary/aromatic N) is 2. The van der Waals surface area contributed by atoms with Crippen LogP contribution in [0.25, 0.3) is 0 Å². The second-order valence-electron chi connectivity index (χ2n) is 6.35. The maximum Gasteiger partial charge on any atom is 0.324 e. The highest BCUT2D eigenvalue weighted by molar-refractivity contribution is 14.0. The average Bonchev–Trinajstić information content (AvgIpc) is 3.33. The van der Waals surface area contributed by atoms with E-state index in [0.29, 0.717) is 19.0 Å². The van der Waals surface area contributed by atoms with E-state index in [1.165, 1.54) is 10.5 Å². The van der Waals surface area contributed by atoms with Gasteiger partial charge in [-0.25, -0.2) is 4.79 Å². The summed E-state index contributed by atoms with van der Waals surface area (Å²) in [7, 11) is 1.70. The summed E-state index contributed by atoms with van der Waals surface area (Å²) < 4.78 is 0. The van der Waals surface area contributed by atoms with Gasteiger partial charge in [0.2, 0.25) is 5.91 Å². The maximum atomic E-state index is 11.5. The molecule has 0 atom stereocenters. The van der Waals surface area contributed by atoms with Gasteiger partial charge in [0.15, 0.2) is 5.96 Å². The first kappa shape index (κ1) is 20.8. The Morgan fingerprint density at radius 2 is 2.12 bits per heavy atom. The quantitative estimate of drug-likeness (QED) is 0.245. The SMILES string of the molecule is CN=C(NCCN1C(=O)CNC1=O)NCC1(c2cccc(Cl)c2)CC1.I. The van der Waals surface area contributed by atoms with Crippen LogP contribution in [0, 0.1) is 0 Å². The van der Waals surface area contributed by atoms with E-state index in [2.05, 4.69) is 27.0 Å². The summed E-state index contributed by atoms with van der Waals surface area (Å²) in [5.74, 6) is 0.452. The van der Waals surface area contributed by atoms with Crippen LogP contribution in [0.4, 0.5) is 4.79 Å². The van der Waals surface area contributed by atoms with E-state index in [1.54, 1.807) is 7.05 Å².